The Morgan fingerprint density at radius 2 is 1.96 bits per heavy atom. The average molecular weight is 410 g/mol. The van der Waals surface area contributed by atoms with Gasteiger partial charge in [0.15, 0.2) is 0 Å². The molecule has 27 heavy (non-hydrogen) atoms. The fourth-order valence-electron chi connectivity index (χ4n) is 3.91. The number of hydrogen-bond donors (Lipinski definition) is 0. The van der Waals surface area contributed by atoms with Crippen molar-refractivity contribution in [3.05, 3.63) is 46.7 Å². The van der Waals surface area contributed by atoms with Gasteiger partial charge in [-0.15, -0.1) is 5.10 Å². The largest absolute Gasteiger partial charge is 0.298 e. The molecule has 146 valence electrons. The van der Waals surface area contributed by atoms with E-state index in [4.69, 9.17) is 11.6 Å². The van der Waals surface area contributed by atoms with E-state index in [0.717, 1.165) is 31.5 Å². The zero-order valence-electron chi connectivity index (χ0n) is 15.2. The third-order valence-electron chi connectivity index (χ3n) is 5.28. The Balaban J connectivity index is 1.40. The van der Waals surface area contributed by atoms with Gasteiger partial charge in [0.05, 0.1) is 30.7 Å². The van der Waals surface area contributed by atoms with Gasteiger partial charge < -0.3 is 0 Å². The van der Waals surface area contributed by atoms with Crippen molar-refractivity contribution in [1.29, 1.82) is 0 Å². The van der Waals surface area contributed by atoms with E-state index >= 15 is 0 Å². The molecule has 9 heteroatoms. The molecule has 0 saturated carbocycles. The number of likely N-dealkylation sites (tertiary alicyclic amines) is 1. The lowest BCUT2D eigenvalue weighted by atomic mass is 10.1. The van der Waals surface area contributed by atoms with Crippen molar-refractivity contribution < 1.29 is 8.42 Å². The molecule has 7 nitrogen and oxygen atoms in total. The van der Waals surface area contributed by atoms with E-state index in [1.807, 2.05) is 30.5 Å². The van der Waals surface area contributed by atoms with Crippen LogP contribution in [0.5, 0.6) is 0 Å². The molecule has 0 aliphatic carbocycles. The minimum absolute atomic E-state index is 0.0943. The van der Waals surface area contributed by atoms with Crippen LogP contribution in [0.25, 0.3) is 0 Å². The summed E-state index contributed by atoms with van der Waals surface area (Å²) in [4.78, 5) is 2.33. The molecule has 0 spiro atoms. The molecule has 0 N–H and O–H groups in total. The molecule has 1 aromatic heterocycles. The maximum absolute atomic E-state index is 12.6. The lowest BCUT2D eigenvalue weighted by Crippen LogP contribution is -2.42. The number of rotatable bonds is 5. The third-order valence-corrected chi connectivity index (χ3v) is 7.38. The van der Waals surface area contributed by atoms with Crippen LogP contribution in [0.1, 0.15) is 30.5 Å². The highest BCUT2D eigenvalue weighted by Crippen LogP contribution is 2.23. The molecule has 1 atom stereocenters. The molecule has 4 rings (SSSR count). The summed E-state index contributed by atoms with van der Waals surface area (Å²) in [5, 5.41) is 8.97. The first kappa shape index (κ1) is 18.9. The Morgan fingerprint density at radius 3 is 2.74 bits per heavy atom. The van der Waals surface area contributed by atoms with E-state index < -0.39 is 10.0 Å². The van der Waals surface area contributed by atoms with Crippen molar-refractivity contribution in [2.24, 2.45) is 0 Å². The van der Waals surface area contributed by atoms with Crippen LogP contribution < -0.4 is 0 Å². The Labute approximate surface area is 165 Å². The standard InChI is InChI=1S/C18H24ClN5O2S/c19-16-6-4-5-15(9-16)10-23-11-17(20-21-23)12-24-13-18(14-27(24,25)26)22-7-2-1-3-8-22/h4-6,9,11,18H,1-3,7-8,10,12-14H2. The second-order valence-electron chi connectivity index (χ2n) is 7.36. The van der Waals surface area contributed by atoms with Crippen LogP contribution in [-0.4, -0.2) is 64.0 Å². The van der Waals surface area contributed by atoms with E-state index in [0.29, 0.717) is 23.8 Å². The van der Waals surface area contributed by atoms with Gasteiger partial charge in [-0.2, -0.15) is 4.31 Å². The maximum atomic E-state index is 12.6. The van der Waals surface area contributed by atoms with Crippen LogP contribution in [0.2, 0.25) is 5.02 Å². The zero-order chi connectivity index (χ0) is 18.9. The van der Waals surface area contributed by atoms with Crippen LogP contribution in [0.4, 0.5) is 0 Å². The molecule has 2 aliphatic heterocycles. The summed E-state index contributed by atoms with van der Waals surface area (Å²) in [5.41, 5.74) is 1.69. The Hall–Kier alpha value is -1.48. The lowest BCUT2D eigenvalue weighted by molar-refractivity contribution is 0.167. The lowest BCUT2D eigenvalue weighted by Gasteiger charge is -2.31. The maximum Gasteiger partial charge on any atom is 0.216 e. The topological polar surface area (TPSA) is 71.3 Å². The Morgan fingerprint density at radius 1 is 1.15 bits per heavy atom. The number of piperidine rings is 1. The third kappa shape index (κ3) is 4.51. The summed E-state index contributed by atoms with van der Waals surface area (Å²) >= 11 is 6.02. The zero-order valence-corrected chi connectivity index (χ0v) is 16.7. The first-order valence-electron chi connectivity index (χ1n) is 9.35. The minimum atomic E-state index is -3.24. The van der Waals surface area contributed by atoms with Crippen molar-refractivity contribution in [1.82, 2.24) is 24.2 Å². The van der Waals surface area contributed by atoms with Crippen LogP contribution >= 0.6 is 11.6 Å². The summed E-state index contributed by atoms with van der Waals surface area (Å²) in [6.07, 6.45) is 5.38. The molecule has 2 saturated heterocycles. The average Bonchev–Trinajstić information content (AvgIpc) is 3.20. The van der Waals surface area contributed by atoms with Crippen LogP contribution in [0, 0.1) is 0 Å². The first-order chi connectivity index (χ1) is 13.0. The van der Waals surface area contributed by atoms with Crippen molar-refractivity contribution in [2.75, 3.05) is 25.4 Å². The molecular weight excluding hydrogens is 386 g/mol. The van der Waals surface area contributed by atoms with Crippen molar-refractivity contribution in [3.8, 4) is 0 Å². The van der Waals surface area contributed by atoms with Crippen LogP contribution in [-0.2, 0) is 23.1 Å². The second kappa shape index (κ2) is 7.87. The SMILES string of the molecule is O=S1(=O)CC(N2CCCCC2)CN1Cc1cn(Cc2cccc(Cl)c2)nn1. The molecule has 1 unspecified atom stereocenters. The number of nitrogens with zero attached hydrogens (tertiary/aromatic N) is 5. The summed E-state index contributed by atoms with van der Waals surface area (Å²) in [7, 11) is -3.24. The van der Waals surface area contributed by atoms with Crippen LogP contribution in [0.15, 0.2) is 30.5 Å². The smallest absolute Gasteiger partial charge is 0.216 e. The summed E-state index contributed by atoms with van der Waals surface area (Å²) in [5.74, 6) is 0.212. The first-order valence-corrected chi connectivity index (χ1v) is 11.3. The monoisotopic (exact) mass is 409 g/mol. The predicted octanol–water partition coefficient (Wildman–Crippen LogP) is 1.98. The van der Waals surface area contributed by atoms with E-state index in [9.17, 15) is 8.42 Å². The quantitative estimate of drug-likeness (QED) is 0.755. The van der Waals surface area contributed by atoms with Gasteiger partial charge in [-0.05, 0) is 43.6 Å². The normalized spacial score (nSPS) is 23.7. The second-order valence-corrected chi connectivity index (χ2v) is 9.81. The van der Waals surface area contributed by atoms with Gasteiger partial charge in [0.25, 0.3) is 0 Å². The molecule has 1 aromatic carbocycles. The van der Waals surface area contributed by atoms with E-state index in [-0.39, 0.29) is 18.3 Å². The molecule has 2 aliphatic rings. The fraction of sp³-hybridized carbons (Fsp3) is 0.556. The molecule has 0 amide bonds. The fourth-order valence-corrected chi connectivity index (χ4v) is 5.86. The van der Waals surface area contributed by atoms with Gasteiger partial charge in [0.2, 0.25) is 10.0 Å². The highest BCUT2D eigenvalue weighted by molar-refractivity contribution is 7.89. The van der Waals surface area contributed by atoms with E-state index in [1.54, 1.807) is 8.99 Å². The number of sulfonamides is 1. The summed E-state index contributed by atoms with van der Waals surface area (Å²) < 4.78 is 28.4. The Bertz CT molecular complexity index is 895. The summed E-state index contributed by atoms with van der Waals surface area (Å²) in [6, 6.07) is 7.68. The van der Waals surface area contributed by atoms with Gasteiger partial charge in [-0.1, -0.05) is 35.4 Å². The molecule has 3 heterocycles. The van der Waals surface area contributed by atoms with Gasteiger partial charge >= 0.3 is 0 Å². The highest BCUT2D eigenvalue weighted by Gasteiger charge is 2.39. The molecule has 2 fully saturated rings. The van der Waals surface area contributed by atoms with E-state index in [2.05, 4.69) is 15.2 Å². The molecule has 2 aromatic rings. The minimum Gasteiger partial charge on any atom is -0.298 e. The number of benzene rings is 1. The number of halogens is 1. The van der Waals surface area contributed by atoms with Crippen LogP contribution in [0.3, 0.4) is 0 Å². The highest BCUT2D eigenvalue weighted by atomic mass is 35.5. The molecular formula is C18H24ClN5O2S. The van der Waals surface area contributed by atoms with Gasteiger partial charge in [0.1, 0.15) is 0 Å². The molecule has 0 radical (unpaired) electrons. The predicted molar refractivity (Wildman–Crippen MR) is 104 cm³/mol. The van der Waals surface area contributed by atoms with Crippen molar-refractivity contribution in [2.45, 2.75) is 38.4 Å². The Kier molecular flexibility index (Phi) is 5.50. The van der Waals surface area contributed by atoms with E-state index in [1.165, 1.54) is 6.42 Å². The molecule has 0 bridgehead atoms. The number of hydrogen-bond acceptors (Lipinski definition) is 5. The van der Waals surface area contributed by atoms with Gasteiger partial charge in [-0.25, -0.2) is 13.1 Å². The van der Waals surface area contributed by atoms with Gasteiger partial charge in [0, 0.05) is 17.6 Å². The van der Waals surface area contributed by atoms with Gasteiger partial charge in [-0.3, -0.25) is 4.90 Å². The van der Waals surface area contributed by atoms with Crippen molar-refractivity contribution in [3.63, 3.8) is 0 Å². The summed E-state index contributed by atoms with van der Waals surface area (Å²) in [6.45, 7) is 3.39. The van der Waals surface area contributed by atoms with Crippen molar-refractivity contribution >= 4 is 21.6 Å². The number of aromatic nitrogens is 3.